The standard InChI is InChI=1S/C35H51N5O10S2/c1-4-6-8-10-12-14-16-27(42)48-20-24(21-49-28(43)17-15-13-11-9-7-5-2)50-34(46)26-18-19-51-33-30(32(45)40(26)33)38-31(44)29(39-47-3)25-22-52-35(37-25)36-23-41/h18,22-24,30,33H,4-17,19-21H2,1-3H3,(H,38,44)(H,36,37,41)/b39-29-/t30?,33-/m1/s1. The number of oxime groups is 1. The van der Waals surface area contributed by atoms with Crippen LogP contribution in [0.25, 0.3) is 0 Å². The van der Waals surface area contributed by atoms with Crippen LogP contribution >= 0.6 is 23.1 Å². The van der Waals surface area contributed by atoms with Gasteiger partial charge in [0, 0.05) is 24.0 Å². The van der Waals surface area contributed by atoms with Crippen molar-refractivity contribution >= 4 is 70.1 Å². The summed E-state index contributed by atoms with van der Waals surface area (Å²) in [5.41, 5.74) is -0.111. The van der Waals surface area contributed by atoms with Gasteiger partial charge in [-0.3, -0.25) is 28.9 Å². The van der Waals surface area contributed by atoms with E-state index in [-0.39, 0.29) is 48.3 Å². The Bertz CT molecular complexity index is 1390. The summed E-state index contributed by atoms with van der Waals surface area (Å²) in [6.45, 7) is 3.65. The maximum atomic E-state index is 13.5. The first-order valence-electron chi connectivity index (χ1n) is 18.0. The third-order valence-corrected chi connectivity index (χ3v) is 10.2. The van der Waals surface area contributed by atoms with E-state index < -0.39 is 47.2 Å². The third kappa shape index (κ3) is 13.5. The number of hydrogen-bond acceptors (Lipinski definition) is 14. The van der Waals surface area contributed by atoms with Crippen molar-refractivity contribution in [3.05, 3.63) is 22.8 Å². The van der Waals surface area contributed by atoms with E-state index in [4.69, 9.17) is 19.0 Å². The summed E-state index contributed by atoms with van der Waals surface area (Å²) in [5, 5.41) is 9.89. The van der Waals surface area contributed by atoms with Crippen LogP contribution in [0, 0.1) is 0 Å². The zero-order chi connectivity index (χ0) is 37.7. The van der Waals surface area contributed by atoms with Crippen molar-refractivity contribution in [2.24, 2.45) is 5.16 Å². The number of thiazole rings is 1. The number of nitrogens with zero attached hydrogens (tertiary/aromatic N) is 3. The zero-order valence-electron chi connectivity index (χ0n) is 30.2. The van der Waals surface area contributed by atoms with E-state index in [1.807, 2.05) is 0 Å². The van der Waals surface area contributed by atoms with Crippen molar-refractivity contribution in [2.75, 3.05) is 31.4 Å². The summed E-state index contributed by atoms with van der Waals surface area (Å²) in [5.74, 6) is -2.70. The van der Waals surface area contributed by atoms with E-state index in [0.717, 1.165) is 75.5 Å². The molecule has 0 spiro atoms. The maximum absolute atomic E-state index is 13.5. The summed E-state index contributed by atoms with van der Waals surface area (Å²) in [7, 11) is 1.25. The summed E-state index contributed by atoms with van der Waals surface area (Å²) >= 11 is 2.40. The highest BCUT2D eigenvalue weighted by Crippen LogP contribution is 2.38. The molecular formula is C35H51N5O10S2. The van der Waals surface area contributed by atoms with Gasteiger partial charge in [-0.2, -0.15) is 0 Å². The normalized spacial score (nSPS) is 16.7. The molecule has 2 aliphatic rings. The molecule has 1 aromatic rings. The first-order valence-corrected chi connectivity index (χ1v) is 19.9. The monoisotopic (exact) mass is 765 g/mol. The van der Waals surface area contributed by atoms with Crippen LogP contribution < -0.4 is 10.6 Å². The predicted molar refractivity (Wildman–Crippen MR) is 196 cm³/mol. The Morgan fingerprint density at radius 2 is 1.56 bits per heavy atom. The molecular weight excluding hydrogens is 715 g/mol. The lowest BCUT2D eigenvalue weighted by Gasteiger charge is -2.48. The number of amides is 3. The Morgan fingerprint density at radius 3 is 2.13 bits per heavy atom. The van der Waals surface area contributed by atoms with E-state index in [9.17, 15) is 28.8 Å². The third-order valence-electron chi connectivity index (χ3n) is 8.27. The van der Waals surface area contributed by atoms with E-state index >= 15 is 0 Å². The van der Waals surface area contributed by atoms with Crippen molar-refractivity contribution in [3.8, 4) is 0 Å². The van der Waals surface area contributed by atoms with Crippen LogP contribution in [-0.2, 0) is 47.8 Å². The van der Waals surface area contributed by atoms with Gasteiger partial charge in [0.25, 0.3) is 11.8 Å². The van der Waals surface area contributed by atoms with Gasteiger partial charge in [0.1, 0.15) is 43.1 Å². The average Bonchev–Trinajstić information content (AvgIpc) is 3.61. The number of carbonyl (C=O) groups is 6. The smallest absolute Gasteiger partial charge is 0.355 e. The summed E-state index contributed by atoms with van der Waals surface area (Å²) < 4.78 is 16.5. The van der Waals surface area contributed by atoms with Crippen molar-refractivity contribution < 1.29 is 47.8 Å². The fraction of sp³-hybridized carbons (Fsp3) is 0.657. The molecule has 1 unspecified atom stereocenters. The molecule has 17 heteroatoms. The molecule has 2 atom stereocenters. The molecule has 288 valence electrons. The number of ether oxygens (including phenoxy) is 3. The molecule has 2 aliphatic heterocycles. The van der Waals surface area contributed by atoms with Crippen LogP contribution in [0.15, 0.2) is 22.3 Å². The molecule has 1 saturated heterocycles. The highest BCUT2D eigenvalue weighted by molar-refractivity contribution is 8.00. The second-order valence-electron chi connectivity index (χ2n) is 12.3. The first kappa shape index (κ1) is 42.4. The van der Waals surface area contributed by atoms with Crippen LogP contribution in [0.2, 0.25) is 0 Å². The number of aromatic nitrogens is 1. The minimum Gasteiger partial charge on any atom is -0.462 e. The summed E-state index contributed by atoms with van der Waals surface area (Å²) in [4.78, 5) is 85.9. The fourth-order valence-electron chi connectivity index (χ4n) is 5.48. The van der Waals surface area contributed by atoms with E-state index in [0.29, 0.717) is 25.0 Å². The van der Waals surface area contributed by atoms with Gasteiger partial charge >= 0.3 is 17.9 Å². The Balaban J connectivity index is 1.59. The molecule has 0 saturated carbocycles. The number of thioether (sulfide) groups is 1. The molecule has 52 heavy (non-hydrogen) atoms. The highest BCUT2D eigenvalue weighted by Gasteiger charge is 2.53. The second kappa shape index (κ2) is 23.5. The SMILES string of the molecule is CCCCCCCCC(=O)OCC(COC(=O)CCCCCCCC)OC(=O)C1=CCS[C@@H]2C(NC(=O)/C(=N\OC)c3csc(NC=O)n3)C(=O)N12. The Labute approximate surface area is 313 Å². The number of anilines is 1. The number of nitrogens with one attached hydrogen (secondary N) is 2. The molecule has 0 aromatic carbocycles. The minimum atomic E-state index is -1.10. The number of β-lactam (4-membered cyclic amide) rings is 1. The van der Waals surface area contributed by atoms with Crippen LogP contribution in [0.1, 0.15) is 109 Å². The predicted octanol–water partition coefficient (Wildman–Crippen LogP) is 4.85. The fourth-order valence-corrected chi connectivity index (χ4v) is 7.33. The van der Waals surface area contributed by atoms with Gasteiger partial charge in [0.05, 0.1) is 0 Å². The van der Waals surface area contributed by atoms with Gasteiger partial charge in [0.2, 0.25) is 6.41 Å². The van der Waals surface area contributed by atoms with Crippen molar-refractivity contribution in [1.29, 1.82) is 0 Å². The van der Waals surface area contributed by atoms with Gasteiger partial charge in [-0.05, 0) is 18.9 Å². The highest BCUT2D eigenvalue weighted by atomic mass is 32.2. The first-order chi connectivity index (χ1) is 25.2. The topological polar surface area (TPSA) is 192 Å². The summed E-state index contributed by atoms with van der Waals surface area (Å²) in [6, 6.07) is -0.996. The second-order valence-corrected chi connectivity index (χ2v) is 14.3. The molecule has 1 aromatic heterocycles. The summed E-state index contributed by atoms with van der Waals surface area (Å²) in [6.07, 6.45) is 13.4. The van der Waals surface area contributed by atoms with Crippen molar-refractivity contribution in [3.63, 3.8) is 0 Å². The van der Waals surface area contributed by atoms with Gasteiger partial charge in [-0.15, -0.1) is 23.1 Å². The molecule has 0 bridgehead atoms. The number of hydrogen-bond donors (Lipinski definition) is 2. The van der Waals surface area contributed by atoms with E-state index in [1.165, 1.54) is 29.2 Å². The molecule has 3 amide bonds. The largest absolute Gasteiger partial charge is 0.462 e. The molecule has 3 rings (SSSR count). The number of esters is 3. The molecule has 3 heterocycles. The van der Waals surface area contributed by atoms with Crippen LogP contribution in [0.4, 0.5) is 5.13 Å². The Kier molecular flexibility index (Phi) is 19.2. The molecule has 1 fully saturated rings. The number of fused-ring (bicyclic) bond motifs is 1. The van der Waals surface area contributed by atoms with Crippen molar-refractivity contribution in [2.45, 2.75) is 121 Å². The average molecular weight is 766 g/mol. The minimum absolute atomic E-state index is 0.0316. The van der Waals surface area contributed by atoms with Crippen LogP contribution in [-0.4, -0.2) is 95.3 Å². The maximum Gasteiger partial charge on any atom is 0.355 e. The molecule has 0 aliphatic carbocycles. The lowest BCUT2D eigenvalue weighted by atomic mass is 10.0. The quantitative estimate of drug-likeness (QED) is 0.0248. The van der Waals surface area contributed by atoms with E-state index in [1.54, 1.807) is 6.08 Å². The van der Waals surface area contributed by atoms with Gasteiger partial charge in [-0.1, -0.05) is 83.2 Å². The van der Waals surface area contributed by atoms with Gasteiger partial charge in [-0.25, -0.2) is 9.78 Å². The van der Waals surface area contributed by atoms with Crippen molar-refractivity contribution in [1.82, 2.24) is 15.2 Å². The number of rotatable bonds is 26. The van der Waals surface area contributed by atoms with Crippen LogP contribution in [0.3, 0.4) is 0 Å². The molecule has 2 N–H and O–H groups in total. The molecule has 0 radical (unpaired) electrons. The lowest BCUT2D eigenvalue weighted by Crippen LogP contribution is -2.70. The van der Waals surface area contributed by atoms with Gasteiger partial charge in [0.15, 0.2) is 16.9 Å². The van der Waals surface area contributed by atoms with E-state index in [2.05, 4.69) is 34.6 Å². The Morgan fingerprint density at radius 1 is 0.962 bits per heavy atom. The zero-order valence-corrected chi connectivity index (χ0v) is 31.9. The van der Waals surface area contributed by atoms with Gasteiger partial charge < -0.3 is 29.7 Å². The number of carbonyl (C=O) groups excluding carboxylic acids is 6. The number of unbranched alkanes of at least 4 members (excludes halogenated alkanes) is 10. The Hall–Kier alpha value is -3.99. The lowest BCUT2D eigenvalue weighted by molar-refractivity contribution is -0.167. The molecule has 15 nitrogen and oxygen atoms in total. The van der Waals surface area contributed by atoms with Crippen LogP contribution in [0.5, 0.6) is 0 Å².